The molecule has 1 saturated heterocycles. The van der Waals surface area contributed by atoms with Gasteiger partial charge in [0, 0.05) is 32.5 Å². The number of aromatic nitrogens is 2. The van der Waals surface area contributed by atoms with E-state index in [4.69, 9.17) is 4.74 Å². The molecule has 1 aromatic heterocycles. The van der Waals surface area contributed by atoms with E-state index in [1.54, 1.807) is 4.68 Å². The molecule has 0 spiro atoms. The Kier molecular flexibility index (Phi) is 3.08. The SMILES string of the molecule is Cn1cc(Br)c(NC2CCOCC2)n1. The summed E-state index contributed by atoms with van der Waals surface area (Å²) in [6.07, 6.45) is 4.06. The van der Waals surface area contributed by atoms with Crippen LogP contribution in [-0.2, 0) is 11.8 Å². The molecule has 78 valence electrons. The lowest BCUT2D eigenvalue weighted by Gasteiger charge is -2.23. The normalized spacial score (nSPS) is 18.4. The van der Waals surface area contributed by atoms with E-state index in [1.165, 1.54) is 0 Å². The molecule has 14 heavy (non-hydrogen) atoms. The Morgan fingerprint density at radius 2 is 2.29 bits per heavy atom. The first-order valence-electron chi connectivity index (χ1n) is 4.79. The van der Waals surface area contributed by atoms with E-state index in [2.05, 4.69) is 26.3 Å². The monoisotopic (exact) mass is 259 g/mol. The maximum absolute atomic E-state index is 5.30. The van der Waals surface area contributed by atoms with Crippen LogP contribution in [0.5, 0.6) is 0 Å². The number of ether oxygens (including phenoxy) is 1. The van der Waals surface area contributed by atoms with Gasteiger partial charge in [0.05, 0.1) is 4.47 Å². The molecule has 2 heterocycles. The fourth-order valence-corrected chi connectivity index (χ4v) is 2.08. The number of aryl methyl sites for hydroxylation is 1. The maximum Gasteiger partial charge on any atom is 0.162 e. The molecule has 0 aliphatic carbocycles. The Balaban J connectivity index is 1.98. The second-order valence-corrected chi connectivity index (χ2v) is 4.38. The fraction of sp³-hybridized carbons (Fsp3) is 0.667. The highest BCUT2D eigenvalue weighted by atomic mass is 79.9. The minimum Gasteiger partial charge on any atom is -0.381 e. The minimum absolute atomic E-state index is 0.495. The lowest BCUT2D eigenvalue weighted by molar-refractivity contribution is 0.0903. The van der Waals surface area contributed by atoms with Gasteiger partial charge in [0.25, 0.3) is 0 Å². The molecule has 0 atom stereocenters. The summed E-state index contributed by atoms with van der Waals surface area (Å²) in [5, 5.41) is 7.73. The number of rotatable bonds is 2. The first kappa shape index (κ1) is 9.98. The molecule has 0 aromatic carbocycles. The van der Waals surface area contributed by atoms with Gasteiger partial charge >= 0.3 is 0 Å². The van der Waals surface area contributed by atoms with Crippen molar-refractivity contribution in [3.63, 3.8) is 0 Å². The van der Waals surface area contributed by atoms with Crippen molar-refractivity contribution in [2.75, 3.05) is 18.5 Å². The zero-order valence-corrected chi connectivity index (χ0v) is 9.75. The topological polar surface area (TPSA) is 39.1 Å². The first-order valence-corrected chi connectivity index (χ1v) is 5.58. The van der Waals surface area contributed by atoms with Gasteiger partial charge in [-0.25, -0.2) is 0 Å². The Morgan fingerprint density at radius 1 is 1.57 bits per heavy atom. The average molecular weight is 260 g/mol. The molecule has 5 heteroatoms. The van der Waals surface area contributed by atoms with Crippen LogP contribution in [-0.4, -0.2) is 29.0 Å². The number of hydrogen-bond donors (Lipinski definition) is 1. The van der Waals surface area contributed by atoms with Crippen molar-refractivity contribution in [2.45, 2.75) is 18.9 Å². The zero-order chi connectivity index (χ0) is 9.97. The predicted molar refractivity (Wildman–Crippen MR) is 58.4 cm³/mol. The van der Waals surface area contributed by atoms with Gasteiger partial charge in [-0.1, -0.05) is 0 Å². The molecule has 4 nitrogen and oxygen atoms in total. The van der Waals surface area contributed by atoms with Crippen LogP contribution in [0.25, 0.3) is 0 Å². The largest absolute Gasteiger partial charge is 0.381 e. The molecule has 0 unspecified atom stereocenters. The zero-order valence-electron chi connectivity index (χ0n) is 8.16. The third-order valence-electron chi connectivity index (χ3n) is 2.35. The molecule has 0 amide bonds. The second kappa shape index (κ2) is 4.31. The summed E-state index contributed by atoms with van der Waals surface area (Å²) in [4.78, 5) is 0. The summed E-state index contributed by atoms with van der Waals surface area (Å²) < 4.78 is 8.11. The van der Waals surface area contributed by atoms with E-state index in [0.29, 0.717) is 6.04 Å². The van der Waals surface area contributed by atoms with E-state index < -0.39 is 0 Å². The molecule has 0 radical (unpaired) electrons. The summed E-state index contributed by atoms with van der Waals surface area (Å²) in [6.45, 7) is 1.70. The smallest absolute Gasteiger partial charge is 0.162 e. The Labute approximate surface area is 91.8 Å². The molecular formula is C9H14BrN3O. The van der Waals surface area contributed by atoms with Crippen molar-refractivity contribution in [3.05, 3.63) is 10.7 Å². The van der Waals surface area contributed by atoms with E-state index in [1.807, 2.05) is 13.2 Å². The third-order valence-corrected chi connectivity index (χ3v) is 2.93. The molecule has 0 saturated carbocycles. The van der Waals surface area contributed by atoms with Crippen LogP contribution in [0.15, 0.2) is 10.7 Å². The summed E-state index contributed by atoms with van der Waals surface area (Å²) in [5.41, 5.74) is 0. The number of anilines is 1. The van der Waals surface area contributed by atoms with Crippen molar-refractivity contribution in [3.8, 4) is 0 Å². The van der Waals surface area contributed by atoms with Crippen LogP contribution < -0.4 is 5.32 Å². The lowest BCUT2D eigenvalue weighted by atomic mass is 10.1. The third kappa shape index (κ3) is 2.27. The average Bonchev–Trinajstić information content (AvgIpc) is 2.47. The summed E-state index contributed by atoms with van der Waals surface area (Å²) >= 11 is 3.47. The minimum atomic E-state index is 0.495. The van der Waals surface area contributed by atoms with Crippen LogP contribution in [0.1, 0.15) is 12.8 Å². The molecule has 1 aliphatic heterocycles. The first-order chi connectivity index (χ1) is 6.75. The van der Waals surface area contributed by atoms with Crippen LogP contribution in [0.4, 0.5) is 5.82 Å². The highest BCUT2D eigenvalue weighted by molar-refractivity contribution is 9.10. The van der Waals surface area contributed by atoms with E-state index in [-0.39, 0.29) is 0 Å². The van der Waals surface area contributed by atoms with Crippen LogP contribution in [0, 0.1) is 0 Å². The van der Waals surface area contributed by atoms with Crippen molar-refractivity contribution < 1.29 is 4.74 Å². The Morgan fingerprint density at radius 3 is 2.86 bits per heavy atom. The number of hydrogen-bond acceptors (Lipinski definition) is 3. The van der Waals surface area contributed by atoms with Crippen LogP contribution >= 0.6 is 15.9 Å². The van der Waals surface area contributed by atoms with E-state index in [0.717, 1.165) is 36.3 Å². The fourth-order valence-electron chi connectivity index (χ4n) is 1.59. The van der Waals surface area contributed by atoms with Gasteiger partial charge < -0.3 is 10.1 Å². The summed E-state index contributed by atoms with van der Waals surface area (Å²) in [5.74, 6) is 0.930. The molecule has 1 aromatic rings. The van der Waals surface area contributed by atoms with Gasteiger partial charge in [-0.05, 0) is 28.8 Å². The molecule has 1 aliphatic rings. The van der Waals surface area contributed by atoms with Crippen molar-refractivity contribution in [1.29, 1.82) is 0 Å². The van der Waals surface area contributed by atoms with Gasteiger partial charge in [0.2, 0.25) is 0 Å². The van der Waals surface area contributed by atoms with Crippen LogP contribution in [0.3, 0.4) is 0 Å². The number of nitrogens with one attached hydrogen (secondary N) is 1. The molecule has 1 fully saturated rings. The predicted octanol–water partition coefficient (Wildman–Crippen LogP) is 1.77. The van der Waals surface area contributed by atoms with Gasteiger partial charge in [-0.3, -0.25) is 4.68 Å². The van der Waals surface area contributed by atoms with Crippen LogP contribution in [0.2, 0.25) is 0 Å². The second-order valence-electron chi connectivity index (χ2n) is 3.53. The molecular weight excluding hydrogens is 246 g/mol. The summed E-state index contributed by atoms with van der Waals surface area (Å²) in [7, 11) is 1.92. The molecule has 2 rings (SSSR count). The van der Waals surface area contributed by atoms with Crippen molar-refractivity contribution in [2.24, 2.45) is 7.05 Å². The van der Waals surface area contributed by atoms with Gasteiger partial charge in [0.1, 0.15) is 0 Å². The highest BCUT2D eigenvalue weighted by Crippen LogP contribution is 2.22. The van der Waals surface area contributed by atoms with Crippen molar-refractivity contribution in [1.82, 2.24) is 9.78 Å². The Bertz CT molecular complexity index is 307. The number of nitrogens with zero attached hydrogens (tertiary/aromatic N) is 2. The number of halogens is 1. The standard InChI is InChI=1S/C9H14BrN3O/c1-13-6-8(10)9(12-13)11-7-2-4-14-5-3-7/h6-7H,2-5H2,1H3,(H,11,12). The Hall–Kier alpha value is -0.550. The van der Waals surface area contributed by atoms with Gasteiger partial charge in [0.15, 0.2) is 5.82 Å². The highest BCUT2D eigenvalue weighted by Gasteiger charge is 2.15. The van der Waals surface area contributed by atoms with Gasteiger partial charge in [-0.15, -0.1) is 0 Å². The molecule has 1 N–H and O–H groups in total. The van der Waals surface area contributed by atoms with Crippen molar-refractivity contribution >= 4 is 21.7 Å². The molecule has 0 bridgehead atoms. The van der Waals surface area contributed by atoms with E-state index in [9.17, 15) is 0 Å². The quantitative estimate of drug-likeness (QED) is 0.880. The summed E-state index contributed by atoms with van der Waals surface area (Å²) in [6, 6.07) is 0.495. The maximum atomic E-state index is 5.30. The lowest BCUT2D eigenvalue weighted by Crippen LogP contribution is -2.28. The van der Waals surface area contributed by atoms with Gasteiger partial charge in [-0.2, -0.15) is 5.10 Å². The van der Waals surface area contributed by atoms with E-state index >= 15 is 0 Å².